The van der Waals surface area contributed by atoms with Crippen LogP contribution in [0.1, 0.15) is 19.1 Å². The zero-order chi connectivity index (χ0) is 12.1. The van der Waals surface area contributed by atoms with Gasteiger partial charge >= 0.3 is 0 Å². The van der Waals surface area contributed by atoms with E-state index in [2.05, 4.69) is 33.2 Å². The van der Waals surface area contributed by atoms with Crippen molar-refractivity contribution in [3.05, 3.63) is 47.1 Å². The van der Waals surface area contributed by atoms with Gasteiger partial charge in [-0.1, -0.05) is 0 Å². The Bertz CT molecular complexity index is 456. The molecule has 1 N–H and O–H groups in total. The second-order valence-corrected chi connectivity index (χ2v) is 4.76. The Hall–Kier alpha value is -1.29. The number of anilines is 1. The van der Waals surface area contributed by atoms with Gasteiger partial charge < -0.3 is 9.73 Å². The Balaban J connectivity index is 1.85. The van der Waals surface area contributed by atoms with Gasteiger partial charge in [-0.2, -0.15) is 0 Å². The minimum Gasteiger partial charge on any atom is -0.469 e. The molecule has 90 valence electrons. The van der Waals surface area contributed by atoms with Crippen molar-refractivity contribution in [3.8, 4) is 0 Å². The zero-order valence-electron chi connectivity index (χ0n) is 9.69. The molecule has 3 nitrogen and oxygen atoms in total. The van der Waals surface area contributed by atoms with Crippen molar-refractivity contribution in [2.24, 2.45) is 0 Å². The van der Waals surface area contributed by atoms with Gasteiger partial charge in [0.2, 0.25) is 0 Å². The first-order valence-corrected chi connectivity index (χ1v) is 6.44. The van der Waals surface area contributed by atoms with E-state index >= 15 is 0 Å². The van der Waals surface area contributed by atoms with E-state index in [-0.39, 0.29) is 0 Å². The Morgan fingerprint density at radius 3 is 3.00 bits per heavy atom. The van der Waals surface area contributed by atoms with E-state index in [1.165, 1.54) is 0 Å². The Labute approximate surface area is 109 Å². The van der Waals surface area contributed by atoms with Crippen LogP contribution in [0.2, 0.25) is 0 Å². The summed E-state index contributed by atoms with van der Waals surface area (Å²) in [4.78, 5) is 4.18. The molecule has 1 unspecified atom stereocenters. The summed E-state index contributed by atoms with van der Waals surface area (Å²) in [5, 5.41) is 3.42. The van der Waals surface area contributed by atoms with Crippen molar-refractivity contribution in [3.63, 3.8) is 0 Å². The highest BCUT2D eigenvalue weighted by atomic mass is 79.9. The van der Waals surface area contributed by atoms with E-state index < -0.39 is 0 Å². The molecule has 1 atom stereocenters. The molecule has 2 aromatic rings. The van der Waals surface area contributed by atoms with Crippen molar-refractivity contribution < 1.29 is 4.42 Å². The molecular weight excluding hydrogens is 280 g/mol. The smallest absolute Gasteiger partial charge is 0.129 e. The van der Waals surface area contributed by atoms with Crippen LogP contribution in [0.25, 0.3) is 0 Å². The molecule has 2 heterocycles. The SMILES string of the molecule is CC(CCc1ccco1)Nc1cccnc1Br. The molecule has 0 bridgehead atoms. The average Bonchev–Trinajstić information content (AvgIpc) is 2.82. The molecule has 0 fully saturated rings. The first-order chi connectivity index (χ1) is 8.25. The third-order valence-corrected chi connectivity index (χ3v) is 3.20. The van der Waals surface area contributed by atoms with Crippen LogP contribution in [0.15, 0.2) is 45.7 Å². The van der Waals surface area contributed by atoms with Crippen LogP contribution in [0.5, 0.6) is 0 Å². The maximum Gasteiger partial charge on any atom is 0.129 e. The fraction of sp³-hybridized carbons (Fsp3) is 0.308. The first-order valence-electron chi connectivity index (χ1n) is 5.65. The maximum atomic E-state index is 5.31. The van der Waals surface area contributed by atoms with Crippen molar-refractivity contribution in [2.45, 2.75) is 25.8 Å². The Kier molecular flexibility index (Phi) is 4.20. The van der Waals surface area contributed by atoms with Gasteiger partial charge in [0.15, 0.2) is 0 Å². The van der Waals surface area contributed by atoms with Gasteiger partial charge in [0, 0.05) is 18.7 Å². The number of pyridine rings is 1. The van der Waals surface area contributed by atoms with Gasteiger partial charge in [0.1, 0.15) is 10.4 Å². The van der Waals surface area contributed by atoms with Crippen LogP contribution >= 0.6 is 15.9 Å². The lowest BCUT2D eigenvalue weighted by Crippen LogP contribution is -2.16. The third-order valence-electron chi connectivity index (χ3n) is 2.56. The van der Waals surface area contributed by atoms with Crippen LogP contribution < -0.4 is 5.32 Å². The summed E-state index contributed by atoms with van der Waals surface area (Å²) in [5.41, 5.74) is 1.03. The molecule has 2 rings (SSSR count). The summed E-state index contributed by atoms with van der Waals surface area (Å²) in [6.07, 6.45) is 5.45. The number of aromatic nitrogens is 1. The topological polar surface area (TPSA) is 38.1 Å². The highest BCUT2D eigenvalue weighted by molar-refractivity contribution is 9.10. The molecule has 0 amide bonds. The second-order valence-electron chi connectivity index (χ2n) is 4.01. The number of aryl methyl sites for hydroxylation is 1. The number of hydrogen-bond acceptors (Lipinski definition) is 3. The number of furan rings is 1. The molecule has 17 heavy (non-hydrogen) atoms. The van der Waals surface area contributed by atoms with E-state index in [1.807, 2.05) is 24.3 Å². The van der Waals surface area contributed by atoms with Gasteiger partial charge in [0.05, 0.1) is 12.0 Å². The van der Waals surface area contributed by atoms with Crippen molar-refractivity contribution >= 4 is 21.6 Å². The highest BCUT2D eigenvalue weighted by Crippen LogP contribution is 2.20. The second kappa shape index (κ2) is 5.87. The van der Waals surface area contributed by atoms with Crippen LogP contribution in [-0.2, 0) is 6.42 Å². The highest BCUT2D eigenvalue weighted by Gasteiger charge is 2.06. The summed E-state index contributed by atoms with van der Waals surface area (Å²) in [7, 11) is 0. The number of nitrogens with one attached hydrogen (secondary N) is 1. The van der Waals surface area contributed by atoms with Crippen molar-refractivity contribution in [1.82, 2.24) is 4.98 Å². The molecule has 0 aromatic carbocycles. The lowest BCUT2D eigenvalue weighted by molar-refractivity contribution is 0.495. The van der Waals surface area contributed by atoms with E-state index in [0.717, 1.165) is 28.9 Å². The van der Waals surface area contributed by atoms with Crippen LogP contribution in [-0.4, -0.2) is 11.0 Å². The largest absolute Gasteiger partial charge is 0.469 e. The molecule has 0 spiro atoms. The molecule has 0 aliphatic carbocycles. The molecule has 0 radical (unpaired) electrons. The standard InChI is InChI=1S/C13H15BrN2O/c1-10(6-7-11-4-3-9-17-11)16-12-5-2-8-15-13(12)14/h2-5,8-10,16H,6-7H2,1H3. The molecule has 0 aliphatic rings. The number of nitrogens with zero attached hydrogens (tertiary/aromatic N) is 1. The van der Waals surface area contributed by atoms with Gasteiger partial charge in [-0.15, -0.1) is 0 Å². The fourth-order valence-corrected chi connectivity index (χ4v) is 2.01. The molecular formula is C13H15BrN2O. The summed E-state index contributed by atoms with van der Waals surface area (Å²) < 4.78 is 6.16. The zero-order valence-corrected chi connectivity index (χ0v) is 11.3. The Morgan fingerprint density at radius 1 is 1.41 bits per heavy atom. The number of halogens is 1. The average molecular weight is 295 g/mol. The van der Waals surface area contributed by atoms with Gasteiger partial charge in [-0.3, -0.25) is 0 Å². The van der Waals surface area contributed by atoms with Crippen molar-refractivity contribution in [2.75, 3.05) is 5.32 Å². The van der Waals surface area contributed by atoms with Gasteiger partial charge in [-0.25, -0.2) is 4.98 Å². The Morgan fingerprint density at radius 2 is 2.29 bits per heavy atom. The molecule has 2 aromatic heterocycles. The molecule has 0 saturated carbocycles. The quantitative estimate of drug-likeness (QED) is 0.851. The summed E-state index contributed by atoms with van der Waals surface area (Å²) in [6, 6.07) is 8.24. The predicted molar refractivity (Wildman–Crippen MR) is 72.1 cm³/mol. The summed E-state index contributed by atoms with van der Waals surface area (Å²) in [5.74, 6) is 1.03. The fourth-order valence-electron chi connectivity index (χ4n) is 1.64. The number of rotatable bonds is 5. The van der Waals surface area contributed by atoms with Gasteiger partial charge in [0.25, 0.3) is 0 Å². The number of hydrogen-bond donors (Lipinski definition) is 1. The lowest BCUT2D eigenvalue weighted by Gasteiger charge is -2.15. The third kappa shape index (κ3) is 3.60. The molecule has 0 saturated heterocycles. The summed E-state index contributed by atoms with van der Waals surface area (Å²) >= 11 is 3.42. The first kappa shape index (κ1) is 12.2. The van der Waals surface area contributed by atoms with E-state index in [0.29, 0.717) is 6.04 Å². The molecule has 4 heteroatoms. The maximum absolute atomic E-state index is 5.31. The van der Waals surface area contributed by atoms with E-state index in [1.54, 1.807) is 12.5 Å². The lowest BCUT2D eigenvalue weighted by atomic mass is 10.1. The van der Waals surface area contributed by atoms with Crippen LogP contribution in [0.4, 0.5) is 5.69 Å². The summed E-state index contributed by atoms with van der Waals surface area (Å²) in [6.45, 7) is 2.16. The van der Waals surface area contributed by atoms with E-state index in [9.17, 15) is 0 Å². The van der Waals surface area contributed by atoms with Crippen LogP contribution in [0.3, 0.4) is 0 Å². The van der Waals surface area contributed by atoms with E-state index in [4.69, 9.17) is 4.42 Å². The minimum absolute atomic E-state index is 0.376. The minimum atomic E-state index is 0.376. The normalized spacial score (nSPS) is 12.4. The van der Waals surface area contributed by atoms with Crippen LogP contribution in [0, 0.1) is 0 Å². The van der Waals surface area contributed by atoms with Crippen molar-refractivity contribution in [1.29, 1.82) is 0 Å². The molecule has 0 aliphatic heterocycles. The van der Waals surface area contributed by atoms with Gasteiger partial charge in [-0.05, 0) is 53.5 Å². The monoisotopic (exact) mass is 294 g/mol. The predicted octanol–water partition coefficient (Wildman–Crippen LogP) is 3.87.